The number of thioether (sulfide) groups is 1. The number of aliphatic hydroxyl groups is 1. The topological polar surface area (TPSA) is 56.0 Å². The summed E-state index contributed by atoms with van der Waals surface area (Å²) in [6.07, 6.45) is 2.86. The fourth-order valence-corrected chi connectivity index (χ4v) is 1.16. The van der Waals surface area contributed by atoms with Gasteiger partial charge in [0.05, 0.1) is 18.7 Å². The van der Waals surface area contributed by atoms with Crippen LogP contribution in [0.2, 0.25) is 0 Å². The van der Waals surface area contributed by atoms with Gasteiger partial charge < -0.3 is 5.11 Å². The van der Waals surface area contributed by atoms with E-state index >= 15 is 0 Å². The maximum Gasteiger partial charge on any atom is 0.0961 e. The number of nitriles is 1. The van der Waals surface area contributed by atoms with Crippen molar-refractivity contribution in [1.82, 2.24) is 5.32 Å². The second-order valence-corrected chi connectivity index (χ2v) is 3.13. The van der Waals surface area contributed by atoms with Crippen molar-refractivity contribution in [3.63, 3.8) is 0 Å². The van der Waals surface area contributed by atoms with Gasteiger partial charge in [0.2, 0.25) is 0 Å². The molecule has 0 bridgehead atoms. The molecule has 11 heavy (non-hydrogen) atoms. The van der Waals surface area contributed by atoms with Crippen LogP contribution in [-0.2, 0) is 0 Å². The van der Waals surface area contributed by atoms with E-state index in [2.05, 4.69) is 11.4 Å². The zero-order valence-corrected chi connectivity index (χ0v) is 7.52. The van der Waals surface area contributed by atoms with Gasteiger partial charge in [0.1, 0.15) is 0 Å². The fraction of sp³-hybridized carbons (Fsp3) is 0.857. The third-order valence-electron chi connectivity index (χ3n) is 1.27. The summed E-state index contributed by atoms with van der Waals surface area (Å²) < 4.78 is 0. The van der Waals surface area contributed by atoms with Crippen LogP contribution in [0, 0.1) is 11.3 Å². The summed E-state index contributed by atoms with van der Waals surface area (Å²) in [5, 5.41) is 20.0. The number of hydrogen-bond acceptors (Lipinski definition) is 4. The first-order valence-electron chi connectivity index (χ1n) is 3.58. The number of rotatable bonds is 6. The van der Waals surface area contributed by atoms with E-state index in [0.29, 0.717) is 6.54 Å². The first-order chi connectivity index (χ1) is 5.35. The Morgan fingerprint density at radius 1 is 1.73 bits per heavy atom. The van der Waals surface area contributed by atoms with E-state index < -0.39 is 0 Å². The Morgan fingerprint density at radius 3 is 2.91 bits per heavy atom. The van der Waals surface area contributed by atoms with Crippen molar-refractivity contribution < 1.29 is 5.11 Å². The van der Waals surface area contributed by atoms with Gasteiger partial charge in [-0.3, -0.25) is 5.32 Å². The predicted molar refractivity (Wildman–Crippen MR) is 47.5 cm³/mol. The molecule has 1 unspecified atom stereocenters. The summed E-state index contributed by atoms with van der Waals surface area (Å²) in [4.78, 5) is 0. The van der Waals surface area contributed by atoms with E-state index in [4.69, 9.17) is 10.4 Å². The van der Waals surface area contributed by atoms with Crippen LogP contribution >= 0.6 is 11.8 Å². The average Bonchev–Trinajstić information content (AvgIpc) is 2.05. The standard InChI is InChI=1S/C7H14N2OS/c1-11-5-2-7(6-8)9-3-4-10/h7,9-10H,2-5H2,1H3. The van der Waals surface area contributed by atoms with Gasteiger partial charge in [-0.1, -0.05) is 0 Å². The minimum absolute atomic E-state index is 0.0947. The van der Waals surface area contributed by atoms with E-state index in [-0.39, 0.29) is 12.6 Å². The molecule has 0 aromatic heterocycles. The predicted octanol–water partition coefficient (Wildman–Crippen LogP) is 0.214. The Hall–Kier alpha value is -0.240. The molecule has 1 atom stereocenters. The van der Waals surface area contributed by atoms with Gasteiger partial charge in [-0.2, -0.15) is 17.0 Å². The highest BCUT2D eigenvalue weighted by atomic mass is 32.2. The summed E-state index contributed by atoms with van der Waals surface area (Å²) in [5.74, 6) is 0.983. The average molecular weight is 174 g/mol. The quantitative estimate of drug-likeness (QED) is 0.604. The highest BCUT2D eigenvalue weighted by Crippen LogP contribution is 1.98. The van der Waals surface area contributed by atoms with Crippen LogP contribution in [0.25, 0.3) is 0 Å². The molecule has 0 spiro atoms. The van der Waals surface area contributed by atoms with Gasteiger partial charge in [-0.05, 0) is 18.4 Å². The monoisotopic (exact) mass is 174 g/mol. The molecule has 0 heterocycles. The van der Waals surface area contributed by atoms with Gasteiger partial charge in [0.25, 0.3) is 0 Å². The summed E-state index contributed by atoms with van der Waals surface area (Å²) in [5.41, 5.74) is 0. The van der Waals surface area contributed by atoms with Crippen molar-refractivity contribution in [3.05, 3.63) is 0 Å². The molecular weight excluding hydrogens is 160 g/mol. The Morgan fingerprint density at radius 2 is 2.45 bits per heavy atom. The normalized spacial score (nSPS) is 12.5. The summed E-state index contributed by atoms with van der Waals surface area (Å²) in [6, 6.07) is 2.03. The van der Waals surface area contributed by atoms with Crippen LogP contribution in [0.3, 0.4) is 0 Å². The fourth-order valence-electron chi connectivity index (χ4n) is 0.687. The Labute approximate surface area is 71.8 Å². The van der Waals surface area contributed by atoms with Crippen LogP contribution in [0.5, 0.6) is 0 Å². The lowest BCUT2D eigenvalue weighted by atomic mass is 10.2. The van der Waals surface area contributed by atoms with E-state index in [1.807, 2.05) is 6.26 Å². The van der Waals surface area contributed by atoms with Crippen molar-refractivity contribution in [1.29, 1.82) is 5.26 Å². The summed E-state index contributed by atoms with van der Waals surface area (Å²) in [7, 11) is 0. The van der Waals surface area contributed by atoms with E-state index in [1.165, 1.54) is 0 Å². The Balaban J connectivity index is 3.35. The van der Waals surface area contributed by atoms with Gasteiger partial charge in [0.15, 0.2) is 0 Å². The second-order valence-electron chi connectivity index (χ2n) is 2.14. The van der Waals surface area contributed by atoms with Crippen LogP contribution < -0.4 is 5.32 Å². The van der Waals surface area contributed by atoms with Crippen molar-refractivity contribution in [2.45, 2.75) is 12.5 Å². The zero-order chi connectivity index (χ0) is 8.53. The van der Waals surface area contributed by atoms with Crippen molar-refractivity contribution in [2.24, 2.45) is 0 Å². The molecule has 0 aliphatic rings. The maximum atomic E-state index is 8.58. The van der Waals surface area contributed by atoms with Crippen molar-refractivity contribution in [2.75, 3.05) is 25.2 Å². The molecule has 0 aliphatic heterocycles. The number of nitrogens with zero attached hydrogens (tertiary/aromatic N) is 1. The largest absolute Gasteiger partial charge is 0.395 e. The molecule has 0 rings (SSSR count). The number of aliphatic hydroxyl groups excluding tert-OH is 1. The number of hydrogen-bond donors (Lipinski definition) is 2. The minimum Gasteiger partial charge on any atom is -0.395 e. The molecule has 0 amide bonds. The molecule has 0 saturated carbocycles. The van der Waals surface area contributed by atoms with Crippen LogP contribution in [0.15, 0.2) is 0 Å². The summed E-state index contributed by atoms with van der Waals surface area (Å²) in [6.45, 7) is 0.601. The molecule has 2 N–H and O–H groups in total. The first-order valence-corrected chi connectivity index (χ1v) is 4.97. The van der Waals surface area contributed by atoms with Gasteiger partial charge >= 0.3 is 0 Å². The lowest BCUT2D eigenvalue weighted by Gasteiger charge is -2.08. The van der Waals surface area contributed by atoms with Gasteiger partial charge in [0, 0.05) is 6.54 Å². The molecular formula is C7H14N2OS. The third-order valence-corrected chi connectivity index (χ3v) is 1.91. The van der Waals surface area contributed by atoms with E-state index in [9.17, 15) is 0 Å². The Bertz CT molecular complexity index is 116. The number of nitrogens with one attached hydrogen (secondary N) is 1. The highest BCUT2D eigenvalue weighted by Gasteiger charge is 2.03. The SMILES string of the molecule is CSCCC(C#N)NCCO. The minimum atomic E-state index is -0.102. The second kappa shape index (κ2) is 7.86. The van der Waals surface area contributed by atoms with Gasteiger partial charge in [-0.15, -0.1) is 0 Å². The molecule has 0 aliphatic carbocycles. The lowest BCUT2D eigenvalue weighted by Crippen LogP contribution is -2.30. The van der Waals surface area contributed by atoms with Crippen LogP contribution in [0.1, 0.15) is 6.42 Å². The van der Waals surface area contributed by atoms with Crippen LogP contribution in [0.4, 0.5) is 0 Å². The van der Waals surface area contributed by atoms with Gasteiger partial charge in [-0.25, -0.2) is 0 Å². The zero-order valence-electron chi connectivity index (χ0n) is 6.71. The van der Waals surface area contributed by atoms with Crippen LogP contribution in [-0.4, -0.2) is 36.3 Å². The molecule has 64 valence electrons. The van der Waals surface area contributed by atoms with E-state index in [1.54, 1.807) is 11.8 Å². The molecule has 0 aromatic rings. The molecule has 0 radical (unpaired) electrons. The van der Waals surface area contributed by atoms with E-state index in [0.717, 1.165) is 12.2 Å². The maximum absolute atomic E-state index is 8.58. The molecule has 0 aromatic carbocycles. The Kier molecular flexibility index (Phi) is 7.69. The smallest absolute Gasteiger partial charge is 0.0961 e. The molecule has 0 saturated heterocycles. The first kappa shape index (κ1) is 10.8. The van der Waals surface area contributed by atoms with Crippen molar-refractivity contribution in [3.8, 4) is 6.07 Å². The molecule has 4 heteroatoms. The summed E-state index contributed by atoms with van der Waals surface area (Å²) >= 11 is 1.73. The molecule has 0 fully saturated rings. The highest BCUT2D eigenvalue weighted by molar-refractivity contribution is 7.98. The molecule has 3 nitrogen and oxygen atoms in total. The lowest BCUT2D eigenvalue weighted by molar-refractivity contribution is 0.288. The third kappa shape index (κ3) is 6.17. The van der Waals surface area contributed by atoms with Crippen molar-refractivity contribution >= 4 is 11.8 Å².